The summed E-state index contributed by atoms with van der Waals surface area (Å²) in [5.41, 5.74) is 0. The van der Waals surface area contributed by atoms with Crippen molar-refractivity contribution in [1.82, 2.24) is 4.90 Å². The lowest BCUT2D eigenvalue weighted by Crippen LogP contribution is -2.48. The molecule has 124 valence electrons. The molecule has 1 heterocycles. The van der Waals surface area contributed by atoms with Crippen LogP contribution in [0.3, 0.4) is 0 Å². The fraction of sp³-hybridized carbons (Fsp3) is 1.00. The Morgan fingerprint density at radius 2 is 1.62 bits per heavy atom. The SMILES string of the molecule is COC1CN(CC2CCC(C(C)C)CC2)CCC1C(C)C. The van der Waals surface area contributed by atoms with Gasteiger partial charge in [-0.05, 0) is 68.2 Å². The van der Waals surface area contributed by atoms with Crippen LogP contribution < -0.4 is 0 Å². The van der Waals surface area contributed by atoms with Crippen molar-refractivity contribution in [3.05, 3.63) is 0 Å². The zero-order valence-electron chi connectivity index (χ0n) is 15.0. The van der Waals surface area contributed by atoms with Crippen molar-refractivity contribution in [3.8, 4) is 0 Å². The topological polar surface area (TPSA) is 12.5 Å². The Morgan fingerprint density at radius 1 is 0.952 bits per heavy atom. The van der Waals surface area contributed by atoms with E-state index >= 15 is 0 Å². The maximum absolute atomic E-state index is 5.79. The third-order valence-corrected chi connectivity index (χ3v) is 6.20. The van der Waals surface area contributed by atoms with Crippen molar-refractivity contribution in [2.24, 2.45) is 29.6 Å². The molecular formula is C19H37NO. The summed E-state index contributed by atoms with van der Waals surface area (Å²) in [5.74, 6) is 4.31. The summed E-state index contributed by atoms with van der Waals surface area (Å²) in [6, 6.07) is 0. The second-order valence-corrected chi connectivity index (χ2v) is 8.26. The molecule has 1 saturated heterocycles. The maximum Gasteiger partial charge on any atom is 0.0729 e. The van der Waals surface area contributed by atoms with Crippen molar-refractivity contribution >= 4 is 0 Å². The zero-order chi connectivity index (χ0) is 15.4. The lowest BCUT2D eigenvalue weighted by molar-refractivity contribution is -0.0325. The molecule has 0 bridgehead atoms. The fourth-order valence-corrected chi connectivity index (χ4v) is 4.58. The van der Waals surface area contributed by atoms with Crippen molar-refractivity contribution in [2.75, 3.05) is 26.7 Å². The number of hydrogen-bond acceptors (Lipinski definition) is 2. The largest absolute Gasteiger partial charge is 0.380 e. The normalized spacial score (nSPS) is 35.6. The van der Waals surface area contributed by atoms with Crippen molar-refractivity contribution in [3.63, 3.8) is 0 Å². The van der Waals surface area contributed by atoms with E-state index in [0.717, 1.165) is 36.1 Å². The van der Waals surface area contributed by atoms with Gasteiger partial charge in [-0.2, -0.15) is 0 Å². The molecule has 0 amide bonds. The van der Waals surface area contributed by atoms with Gasteiger partial charge < -0.3 is 9.64 Å². The average Bonchev–Trinajstić information content (AvgIpc) is 2.47. The predicted octanol–water partition coefficient (Wildman–Crippen LogP) is 4.44. The maximum atomic E-state index is 5.79. The number of nitrogens with zero attached hydrogens (tertiary/aromatic N) is 1. The number of hydrogen-bond donors (Lipinski definition) is 0. The van der Waals surface area contributed by atoms with Crippen LogP contribution in [-0.4, -0.2) is 37.7 Å². The first-order valence-corrected chi connectivity index (χ1v) is 9.26. The molecule has 0 aromatic heterocycles. The van der Waals surface area contributed by atoms with E-state index in [1.165, 1.54) is 45.2 Å². The van der Waals surface area contributed by atoms with Crippen LogP contribution >= 0.6 is 0 Å². The van der Waals surface area contributed by atoms with Crippen molar-refractivity contribution in [2.45, 2.75) is 65.9 Å². The molecule has 2 rings (SSSR count). The molecule has 2 atom stereocenters. The number of rotatable bonds is 5. The molecule has 1 aliphatic carbocycles. The average molecular weight is 296 g/mol. The summed E-state index contributed by atoms with van der Waals surface area (Å²) in [6.45, 7) is 13.2. The molecule has 2 unspecified atom stereocenters. The summed E-state index contributed by atoms with van der Waals surface area (Å²) in [5, 5.41) is 0. The van der Waals surface area contributed by atoms with Crippen LogP contribution in [-0.2, 0) is 4.74 Å². The summed E-state index contributed by atoms with van der Waals surface area (Å²) in [4.78, 5) is 2.69. The summed E-state index contributed by atoms with van der Waals surface area (Å²) in [7, 11) is 1.90. The first-order chi connectivity index (χ1) is 10.0. The molecule has 2 aliphatic rings. The van der Waals surface area contributed by atoms with Crippen molar-refractivity contribution < 1.29 is 4.74 Å². The zero-order valence-corrected chi connectivity index (χ0v) is 15.0. The van der Waals surface area contributed by atoms with Crippen LogP contribution in [0.25, 0.3) is 0 Å². The van der Waals surface area contributed by atoms with Gasteiger partial charge in [0.25, 0.3) is 0 Å². The minimum atomic E-state index is 0.450. The van der Waals surface area contributed by atoms with Crippen LogP contribution in [0.4, 0.5) is 0 Å². The molecule has 0 N–H and O–H groups in total. The van der Waals surface area contributed by atoms with Gasteiger partial charge in [0.1, 0.15) is 0 Å². The van der Waals surface area contributed by atoms with Gasteiger partial charge in [0.15, 0.2) is 0 Å². The minimum absolute atomic E-state index is 0.450. The van der Waals surface area contributed by atoms with Gasteiger partial charge >= 0.3 is 0 Å². The van der Waals surface area contributed by atoms with E-state index in [9.17, 15) is 0 Å². The summed E-state index contributed by atoms with van der Waals surface area (Å²) in [6.07, 6.45) is 7.58. The van der Waals surface area contributed by atoms with E-state index in [1.807, 2.05) is 7.11 Å². The Morgan fingerprint density at radius 3 is 2.14 bits per heavy atom. The van der Waals surface area contributed by atoms with Gasteiger partial charge in [-0.25, -0.2) is 0 Å². The van der Waals surface area contributed by atoms with Crippen LogP contribution in [0, 0.1) is 29.6 Å². The quantitative estimate of drug-likeness (QED) is 0.743. The first kappa shape index (κ1) is 17.3. The van der Waals surface area contributed by atoms with Gasteiger partial charge in [-0.1, -0.05) is 27.7 Å². The Hall–Kier alpha value is -0.0800. The number of likely N-dealkylation sites (tertiary alicyclic amines) is 1. The van der Waals surface area contributed by atoms with E-state index < -0.39 is 0 Å². The van der Waals surface area contributed by atoms with Crippen LogP contribution in [0.2, 0.25) is 0 Å². The molecule has 2 heteroatoms. The first-order valence-electron chi connectivity index (χ1n) is 9.26. The fourth-order valence-electron chi connectivity index (χ4n) is 4.58. The van der Waals surface area contributed by atoms with Crippen molar-refractivity contribution in [1.29, 1.82) is 0 Å². The molecule has 2 nitrogen and oxygen atoms in total. The highest BCUT2D eigenvalue weighted by Crippen LogP contribution is 2.34. The van der Waals surface area contributed by atoms with E-state index in [1.54, 1.807) is 0 Å². The van der Waals surface area contributed by atoms with Crippen LogP contribution in [0.5, 0.6) is 0 Å². The standard InChI is InChI=1S/C19H37NO/c1-14(2)17-8-6-16(7-9-17)12-20-11-10-18(15(3)4)19(13-20)21-5/h14-19H,6-13H2,1-5H3. The summed E-state index contributed by atoms with van der Waals surface area (Å²) < 4.78 is 5.79. The van der Waals surface area contributed by atoms with Gasteiger partial charge in [-0.15, -0.1) is 0 Å². The van der Waals surface area contributed by atoms with Gasteiger partial charge in [-0.3, -0.25) is 0 Å². The molecule has 0 aromatic rings. The second-order valence-electron chi connectivity index (χ2n) is 8.26. The van der Waals surface area contributed by atoms with Gasteiger partial charge in [0, 0.05) is 20.2 Å². The lowest BCUT2D eigenvalue weighted by Gasteiger charge is -2.42. The predicted molar refractivity (Wildman–Crippen MR) is 90.5 cm³/mol. The monoisotopic (exact) mass is 295 g/mol. The molecular weight excluding hydrogens is 258 g/mol. The number of methoxy groups -OCH3 is 1. The molecule has 1 saturated carbocycles. The lowest BCUT2D eigenvalue weighted by atomic mass is 9.76. The smallest absolute Gasteiger partial charge is 0.0729 e. The second kappa shape index (κ2) is 7.97. The van der Waals surface area contributed by atoms with E-state index in [0.29, 0.717) is 6.10 Å². The highest BCUT2D eigenvalue weighted by atomic mass is 16.5. The third kappa shape index (κ3) is 4.69. The van der Waals surface area contributed by atoms with Crippen LogP contribution in [0.1, 0.15) is 59.8 Å². The Kier molecular flexibility index (Phi) is 6.55. The molecule has 0 radical (unpaired) electrons. The molecule has 2 fully saturated rings. The Labute approximate surface area is 132 Å². The molecule has 1 aliphatic heterocycles. The molecule has 0 aromatic carbocycles. The Balaban J connectivity index is 1.77. The van der Waals surface area contributed by atoms with Crippen LogP contribution in [0.15, 0.2) is 0 Å². The van der Waals surface area contributed by atoms with E-state index in [2.05, 4.69) is 32.6 Å². The van der Waals surface area contributed by atoms with Gasteiger partial charge in [0.05, 0.1) is 6.10 Å². The number of ether oxygens (including phenoxy) is 1. The minimum Gasteiger partial charge on any atom is -0.380 e. The van der Waals surface area contributed by atoms with E-state index in [-0.39, 0.29) is 0 Å². The molecule has 0 spiro atoms. The Bertz CT molecular complexity index is 294. The van der Waals surface area contributed by atoms with E-state index in [4.69, 9.17) is 4.74 Å². The molecule has 21 heavy (non-hydrogen) atoms. The number of piperidine rings is 1. The third-order valence-electron chi connectivity index (χ3n) is 6.20. The summed E-state index contributed by atoms with van der Waals surface area (Å²) >= 11 is 0. The highest BCUT2D eigenvalue weighted by Gasteiger charge is 2.32. The van der Waals surface area contributed by atoms with Gasteiger partial charge in [0.2, 0.25) is 0 Å². The highest BCUT2D eigenvalue weighted by molar-refractivity contribution is 4.85.